The van der Waals surface area contributed by atoms with E-state index in [1.54, 1.807) is 18.2 Å². The van der Waals surface area contributed by atoms with E-state index in [9.17, 15) is 8.42 Å². The molecule has 0 bridgehead atoms. The van der Waals surface area contributed by atoms with Crippen molar-refractivity contribution < 1.29 is 17.9 Å². The summed E-state index contributed by atoms with van der Waals surface area (Å²) in [4.78, 5) is 9.38. The highest BCUT2D eigenvalue weighted by Gasteiger charge is 2.16. The number of nitrogens with zero attached hydrogens (tertiary/aromatic N) is 2. The summed E-state index contributed by atoms with van der Waals surface area (Å²) >= 11 is 2.88. The zero-order valence-electron chi connectivity index (χ0n) is 14.1. The molecule has 0 radical (unpaired) electrons. The van der Waals surface area contributed by atoms with Gasteiger partial charge in [-0.05, 0) is 18.2 Å². The van der Waals surface area contributed by atoms with Gasteiger partial charge in [0.2, 0.25) is 0 Å². The molecule has 138 valence electrons. The van der Waals surface area contributed by atoms with Gasteiger partial charge in [-0.3, -0.25) is 0 Å². The number of anilines is 2. The number of thiazole rings is 2. The van der Waals surface area contributed by atoms with Crippen LogP contribution in [0.3, 0.4) is 0 Å². The molecule has 0 fully saturated rings. The van der Waals surface area contributed by atoms with Crippen LogP contribution in [0.4, 0.5) is 10.3 Å². The number of sulfone groups is 1. The molecule has 2 aromatic heterocycles. The minimum absolute atomic E-state index is 0.288. The van der Waals surface area contributed by atoms with E-state index in [1.165, 1.54) is 28.9 Å². The second kappa shape index (κ2) is 6.04. The number of benzene rings is 2. The molecule has 3 heterocycles. The first kappa shape index (κ1) is 16.7. The molecule has 0 saturated carbocycles. The lowest BCUT2D eigenvalue weighted by atomic mass is 10.3. The summed E-state index contributed by atoms with van der Waals surface area (Å²) in [6, 6.07) is 8.75. The summed E-state index contributed by atoms with van der Waals surface area (Å²) in [6.07, 6.45) is 1.20. The van der Waals surface area contributed by atoms with Crippen LogP contribution in [0.15, 0.2) is 35.2 Å². The lowest BCUT2D eigenvalue weighted by Crippen LogP contribution is -2.15. The number of hydrogen-bond donors (Lipinski definition) is 1. The Morgan fingerprint density at radius 2 is 1.56 bits per heavy atom. The topological polar surface area (TPSA) is 90.4 Å². The van der Waals surface area contributed by atoms with Crippen molar-refractivity contribution >= 4 is 63.2 Å². The van der Waals surface area contributed by atoms with Gasteiger partial charge >= 0.3 is 0 Å². The van der Waals surface area contributed by atoms with Gasteiger partial charge in [0.1, 0.15) is 13.2 Å². The van der Waals surface area contributed by atoms with E-state index in [0.717, 1.165) is 26.2 Å². The first-order valence-corrected chi connectivity index (χ1v) is 11.6. The highest BCUT2D eigenvalue weighted by Crippen LogP contribution is 2.39. The maximum atomic E-state index is 11.7. The van der Waals surface area contributed by atoms with Gasteiger partial charge in [-0.2, -0.15) is 0 Å². The first-order chi connectivity index (χ1) is 13.0. The van der Waals surface area contributed by atoms with Crippen molar-refractivity contribution in [3.8, 4) is 11.5 Å². The van der Waals surface area contributed by atoms with Crippen LogP contribution in [0.1, 0.15) is 0 Å². The number of ether oxygens (including phenoxy) is 2. The number of aromatic nitrogens is 2. The fourth-order valence-electron chi connectivity index (χ4n) is 2.80. The molecule has 5 rings (SSSR count). The fourth-order valence-corrected chi connectivity index (χ4v) is 5.36. The standard InChI is InChI=1S/C17H13N3O4S3/c1-27(21,22)9-2-3-10-14(6-9)25-16(18-10)20-17-19-11-7-12-13(8-15(11)26-17)24-5-4-23-12/h2-3,6-8H,4-5H2,1H3,(H,18,19,20). The van der Waals surface area contributed by atoms with Crippen LogP contribution in [-0.2, 0) is 9.84 Å². The van der Waals surface area contributed by atoms with Crippen molar-refractivity contribution in [1.82, 2.24) is 9.97 Å². The largest absolute Gasteiger partial charge is 0.486 e. The molecule has 4 aromatic rings. The molecular formula is C17H13N3O4S3. The number of nitrogens with one attached hydrogen (secondary N) is 1. The highest BCUT2D eigenvalue weighted by molar-refractivity contribution is 7.90. The SMILES string of the molecule is CS(=O)(=O)c1ccc2nc(Nc3nc4cc5c(cc4s3)OCCO5)sc2c1. The molecule has 0 unspecified atom stereocenters. The lowest BCUT2D eigenvalue weighted by Gasteiger charge is -2.17. The van der Waals surface area contributed by atoms with E-state index in [-0.39, 0.29) is 4.90 Å². The van der Waals surface area contributed by atoms with Crippen LogP contribution in [-0.4, -0.2) is 37.9 Å². The Bertz CT molecular complexity index is 1250. The Hall–Kier alpha value is -2.43. The summed E-state index contributed by atoms with van der Waals surface area (Å²) in [5.74, 6) is 1.44. The van der Waals surface area contributed by atoms with Crippen molar-refractivity contribution in [2.24, 2.45) is 0 Å². The van der Waals surface area contributed by atoms with Gasteiger partial charge in [0.15, 0.2) is 31.6 Å². The van der Waals surface area contributed by atoms with Crippen molar-refractivity contribution in [2.45, 2.75) is 4.90 Å². The van der Waals surface area contributed by atoms with Gasteiger partial charge < -0.3 is 14.8 Å². The second-order valence-electron chi connectivity index (χ2n) is 6.03. The van der Waals surface area contributed by atoms with Crippen LogP contribution in [0, 0.1) is 0 Å². The van der Waals surface area contributed by atoms with Crippen LogP contribution < -0.4 is 14.8 Å². The van der Waals surface area contributed by atoms with E-state index in [0.29, 0.717) is 29.2 Å². The third-order valence-electron chi connectivity index (χ3n) is 4.05. The maximum absolute atomic E-state index is 11.7. The molecule has 2 aromatic carbocycles. The minimum Gasteiger partial charge on any atom is -0.486 e. The van der Waals surface area contributed by atoms with Gasteiger partial charge in [0, 0.05) is 18.4 Å². The summed E-state index contributed by atoms with van der Waals surface area (Å²) < 4.78 is 36.4. The van der Waals surface area contributed by atoms with Crippen LogP contribution in [0.25, 0.3) is 20.4 Å². The molecular weight excluding hydrogens is 406 g/mol. The van der Waals surface area contributed by atoms with Crippen LogP contribution in [0.2, 0.25) is 0 Å². The zero-order chi connectivity index (χ0) is 18.6. The van der Waals surface area contributed by atoms with Gasteiger partial charge in [-0.1, -0.05) is 22.7 Å². The van der Waals surface area contributed by atoms with Crippen LogP contribution in [0.5, 0.6) is 11.5 Å². The summed E-state index contributed by atoms with van der Waals surface area (Å²) in [7, 11) is -3.24. The van der Waals surface area contributed by atoms with Crippen molar-refractivity contribution in [3.05, 3.63) is 30.3 Å². The molecule has 1 aliphatic heterocycles. The van der Waals surface area contributed by atoms with Gasteiger partial charge in [-0.25, -0.2) is 18.4 Å². The van der Waals surface area contributed by atoms with E-state index in [1.807, 2.05) is 12.1 Å². The molecule has 10 heteroatoms. The maximum Gasteiger partial charge on any atom is 0.190 e. The van der Waals surface area contributed by atoms with Crippen molar-refractivity contribution in [1.29, 1.82) is 0 Å². The van der Waals surface area contributed by atoms with E-state index >= 15 is 0 Å². The Balaban J connectivity index is 1.49. The van der Waals surface area contributed by atoms with E-state index in [2.05, 4.69) is 15.3 Å². The number of fused-ring (bicyclic) bond motifs is 3. The molecule has 0 saturated heterocycles. The zero-order valence-corrected chi connectivity index (χ0v) is 16.5. The predicted molar refractivity (Wildman–Crippen MR) is 107 cm³/mol. The molecule has 1 aliphatic rings. The molecule has 0 spiro atoms. The van der Waals surface area contributed by atoms with E-state index in [4.69, 9.17) is 9.47 Å². The normalized spacial score (nSPS) is 14.0. The highest BCUT2D eigenvalue weighted by atomic mass is 32.2. The van der Waals surface area contributed by atoms with Gasteiger partial charge in [0.25, 0.3) is 0 Å². The second-order valence-corrected chi connectivity index (χ2v) is 10.1. The summed E-state index contributed by atoms with van der Waals surface area (Å²) in [5, 5.41) is 4.58. The Morgan fingerprint density at radius 3 is 2.26 bits per heavy atom. The summed E-state index contributed by atoms with van der Waals surface area (Å²) in [5.41, 5.74) is 1.57. The Morgan fingerprint density at radius 1 is 0.926 bits per heavy atom. The third-order valence-corrected chi connectivity index (χ3v) is 7.03. The van der Waals surface area contributed by atoms with Crippen LogP contribution >= 0.6 is 22.7 Å². The first-order valence-electron chi connectivity index (χ1n) is 8.03. The van der Waals surface area contributed by atoms with Gasteiger partial charge in [0.05, 0.1) is 25.3 Å². The van der Waals surface area contributed by atoms with E-state index < -0.39 is 9.84 Å². The Kier molecular flexibility index (Phi) is 3.74. The average molecular weight is 420 g/mol. The molecule has 7 nitrogen and oxygen atoms in total. The quantitative estimate of drug-likeness (QED) is 0.540. The molecule has 27 heavy (non-hydrogen) atoms. The molecule has 0 atom stereocenters. The van der Waals surface area contributed by atoms with Crippen molar-refractivity contribution in [2.75, 3.05) is 24.8 Å². The molecule has 1 N–H and O–H groups in total. The molecule has 0 aliphatic carbocycles. The average Bonchev–Trinajstić information content (AvgIpc) is 3.20. The minimum atomic E-state index is -3.24. The smallest absolute Gasteiger partial charge is 0.190 e. The summed E-state index contributed by atoms with van der Waals surface area (Å²) in [6.45, 7) is 1.08. The fraction of sp³-hybridized carbons (Fsp3) is 0.176. The predicted octanol–water partition coefficient (Wildman–Crippen LogP) is 3.82. The molecule has 0 amide bonds. The van der Waals surface area contributed by atoms with Gasteiger partial charge in [-0.15, -0.1) is 0 Å². The third kappa shape index (κ3) is 3.09. The lowest BCUT2D eigenvalue weighted by molar-refractivity contribution is 0.172. The number of rotatable bonds is 3. The number of hydrogen-bond acceptors (Lipinski definition) is 9. The Labute approximate surface area is 162 Å². The monoisotopic (exact) mass is 419 g/mol. The van der Waals surface area contributed by atoms with Crippen molar-refractivity contribution in [3.63, 3.8) is 0 Å².